The second-order valence-electron chi connectivity index (χ2n) is 7.99. The number of carbonyl (C=O) groups excluding carboxylic acids is 1. The quantitative estimate of drug-likeness (QED) is 0.564. The monoisotopic (exact) mass is 521 g/mol. The third-order valence-electron chi connectivity index (χ3n) is 5.94. The first-order valence-corrected chi connectivity index (χ1v) is 11.7. The summed E-state index contributed by atoms with van der Waals surface area (Å²) in [6.45, 7) is 7.22. The minimum absolute atomic E-state index is 0.188. The van der Waals surface area contributed by atoms with Crippen LogP contribution in [0.4, 0.5) is 10.5 Å². The lowest BCUT2D eigenvalue weighted by Gasteiger charge is -2.39. The summed E-state index contributed by atoms with van der Waals surface area (Å²) in [5.41, 5.74) is 2.19. The van der Waals surface area contributed by atoms with Crippen molar-refractivity contribution >= 4 is 34.4 Å². The van der Waals surface area contributed by atoms with Crippen LogP contribution in [0.1, 0.15) is 18.4 Å². The van der Waals surface area contributed by atoms with Crippen LogP contribution in [-0.4, -0.2) is 71.9 Å². The van der Waals surface area contributed by atoms with Gasteiger partial charge in [-0.05, 0) is 53.0 Å². The summed E-state index contributed by atoms with van der Waals surface area (Å²) >= 11 is 2.21. The van der Waals surface area contributed by atoms with E-state index in [1.54, 1.807) is 0 Å². The maximum Gasteiger partial charge on any atom is 0.410 e. The minimum Gasteiger partial charge on any atom is -0.445 e. The Bertz CT molecular complexity index is 821. The number of rotatable bonds is 5. The average molecular weight is 521 g/mol. The van der Waals surface area contributed by atoms with Crippen LogP contribution in [0, 0.1) is 9.62 Å². The fourth-order valence-corrected chi connectivity index (χ4v) is 4.61. The number of benzene rings is 1. The van der Waals surface area contributed by atoms with Gasteiger partial charge in [-0.25, -0.2) is 4.79 Å². The minimum atomic E-state index is -0.188. The van der Waals surface area contributed by atoms with E-state index in [2.05, 4.69) is 48.7 Å². The Morgan fingerprint density at radius 3 is 2.50 bits per heavy atom. The molecule has 3 heterocycles. The molecule has 2 fully saturated rings. The van der Waals surface area contributed by atoms with Crippen LogP contribution in [0.2, 0.25) is 0 Å². The Kier molecular flexibility index (Phi) is 7.37. The van der Waals surface area contributed by atoms with Crippen molar-refractivity contribution < 1.29 is 9.53 Å². The summed E-state index contributed by atoms with van der Waals surface area (Å²) in [7, 11) is 0. The highest BCUT2D eigenvalue weighted by Crippen LogP contribution is 2.22. The molecule has 2 saturated heterocycles. The lowest BCUT2D eigenvalue weighted by atomic mass is 9.96. The van der Waals surface area contributed by atoms with Gasteiger partial charge in [0.05, 0.1) is 11.9 Å². The molecule has 7 nitrogen and oxygen atoms in total. The van der Waals surface area contributed by atoms with E-state index in [9.17, 15) is 4.79 Å². The summed E-state index contributed by atoms with van der Waals surface area (Å²) in [4.78, 5) is 19.1. The molecule has 1 amide bonds. The number of hydrogen-bond acceptors (Lipinski definition) is 6. The van der Waals surface area contributed by atoms with Crippen molar-refractivity contribution in [1.82, 2.24) is 20.0 Å². The van der Waals surface area contributed by atoms with Gasteiger partial charge in [0.2, 0.25) is 0 Å². The van der Waals surface area contributed by atoms with Crippen LogP contribution in [-0.2, 0) is 11.3 Å². The zero-order chi connectivity index (χ0) is 20.8. The number of anilines is 1. The molecule has 2 aliphatic rings. The molecule has 1 aromatic carbocycles. The highest BCUT2D eigenvalue weighted by Gasteiger charge is 2.26. The molecule has 2 aromatic rings. The Morgan fingerprint density at radius 2 is 1.80 bits per heavy atom. The molecular formula is C22H28IN5O2. The molecule has 30 heavy (non-hydrogen) atoms. The molecule has 0 atom stereocenters. The van der Waals surface area contributed by atoms with Crippen molar-refractivity contribution in [3.8, 4) is 0 Å². The van der Waals surface area contributed by atoms with E-state index in [1.807, 2.05) is 41.4 Å². The maximum atomic E-state index is 12.3. The SMILES string of the molecule is O=C(OCc1ccccc1)N1CCC(CN2CCN(c3cnnc(I)c3)CC2)CC1. The van der Waals surface area contributed by atoms with Gasteiger partial charge in [-0.15, -0.1) is 5.10 Å². The van der Waals surface area contributed by atoms with E-state index in [0.717, 1.165) is 73.6 Å². The van der Waals surface area contributed by atoms with Gasteiger partial charge in [0, 0.05) is 45.8 Å². The van der Waals surface area contributed by atoms with Gasteiger partial charge in [0.15, 0.2) is 0 Å². The van der Waals surface area contributed by atoms with Crippen LogP contribution in [0.5, 0.6) is 0 Å². The van der Waals surface area contributed by atoms with Crippen molar-refractivity contribution in [2.45, 2.75) is 19.4 Å². The summed E-state index contributed by atoms with van der Waals surface area (Å²) in [6, 6.07) is 11.9. The van der Waals surface area contributed by atoms with E-state index < -0.39 is 0 Å². The van der Waals surface area contributed by atoms with Gasteiger partial charge in [0.1, 0.15) is 10.3 Å². The summed E-state index contributed by atoms with van der Waals surface area (Å²) in [6.07, 6.45) is 3.76. The molecular weight excluding hydrogens is 493 g/mol. The zero-order valence-corrected chi connectivity index (χ0v) is 19.3. The van der Waals surface area contributed by atoms with Crippen molar-refractivity contribution in [2.24, 2.45) is 5.92 Å². The summed E-state index contributed by atoms with van der Waals surface area (Å²) < 4.78 is 6.41. The zero-order valence-electron chi connectivity index (χ0n) is 17.1. The molecule has 8 heteroatoms. The van der Waals surface area contributed by atoms with Gasteiger partial charge < -0.3 is 14.5 Å². The van der Waals surface area contributed by atoms with E-state index >= 15 is 0 Å². The predicted octanol–water partition coefficient (Wildman–Crippen LogP) is 3.25. The number of piperazine rings is 1. The first-order valence-electron chi connectivity index (χ1n) is 10.6. The first-order chi connectivity index (χ1) is 14.7. The van der Waals surface area contributed by atoms with Crippen LogP contribution in [0.15, 0.2) is 42.6 Å². The van der Waals surface area contributed by atoms with Crippen LogP contribution in [0.3, 0.4) is 0 Å². The van der Waals surface area contributed by atoms with Gasteiger partial charge in [-0.1, -0.05) is 30.3 Å². The average Bonchev–Trinajstić information content (AvgIpc) is 2.79. The molecule has 0 unspecified atom stereocenters. The molecule has 1 aromatic heterocycles. The van der Waals surface area contributed by atoms with E-state index in [1.165, 1.54) is 0 Å². The molecule has 0 radical (unpaired) electrons. The highest BCUT2D eigenvalue weighted by atomic mass is 127. The van der Waals surface area contributed by atoms with E-state index in [4.69, 9.17) is 4.74 Å². The van der Waals surface area contributed by atoms with E-state index in [-0.39, 0.29) is 6.09 Å². The molecule has 4 rings (SSSR count). The van der Waals surface area contributed by atoms with Crippen molar-refractivity contribution in [2.75, 3.05) is 50.7 Å². The molecule has 0 spiro atoms. The number of piperidine rings is 1. The van der Waals surface area contributed by atoms with Gasteiger partial charge in [0.25, 0.3) is 0 Å². The largest absolute Gasteiger partial charge is 0.445 e. The van der Waals surface area contributed by atoms with Crippen molar-refractivity contribution in [1.29, 1.82) is 0 Å². The molecule has 0 N–H and O–H groups in total. The number of likely N-dealkylation sites (tertiary alicyclic amines) is 1. The molecule has 0 aliphatic carbocycles. The fourth-order valence-electron chi connectivity index (χ4n) is 4.17. The lowest BCUT2D eigenvalue weighted by Crippen LogP contribution is -2.49. The molecule has 160 valence electrons. The Labute approximate surface area is 191 Å². The second kappa shape index (κ2) is 10.4. The normalized spacial score (nSPS) is 18.4. The number of amides is 1. The second-order valence-corrected chi connectivity index (χ2v) is 9.10. The summed E-state index contributed by atoms with van der Waals surface area (Å²) in [5.74, 6) is 0.651. The van der Waals surface area contributed by atoms with Crippen LogP contribution >= 0.6 is 22.6 Å². The van der Waals surface area contributed by atoms with Crippen LogP contribution in [0.25, 0.3) is 0 Å². The van der Waals surface area contributed by atoms with Crippen molar-refractivity contribution in [3.05, 3.63) is 51.9 Å². The molecule has 0 bridgehead atoms. The number of ether oxygens (including phenoxy) is 1. The van der Waals surface area contributed by atoms with Gasteiger partial charge in [-0.3, -0.25) is 4.90 Å². The lowest BCUT2D eigenvalue weighted by molar-refractivity contribution is 0.0768. The predicted molar refractivity (Wildman–Crippen MR) is 124 cm³/mol. The number of halogens is 1. The third-order valence-corrected chi connectivity index (χ3v) is 6.47. The highest BCUT2D eigenvalue weighted by molar-refractivity contribution is 14.1. The standard InChI is InChI=1S/C22H28IN5O2/c23-21-14-20(15-24-25-21)27-12-10-26(11-13-27)16-18-6-8-28(9-7-18)22(29)30-17-19-4-2-1-3-5-19/h1-5,14-15,18H,6-13,16-17H2. The van der Waals surface area contributed by atoms with Crippen molar-refractivity contribution in [3.63, 3.8) is 0 Å². The Hall–Kier alpha value is -1.94. The Balaban J connectivity index is 1.16. The topological polar surface area (TPSA) is 61.8 Å². The molecule has 0 saturated carbocycles. The first kappa shape index (κ1) is 21.3. The number of aromatic nitrogens is 2. The van der Waals surface area contributed by atoms with Gasteiger partial charge >= 0.3 is 6.09 Å². The van der Waals surface area contributed by atoms with E-state index in [0.29, 0.717) is 12.5 Å². The van der Waals surface area contributed by atoms with Crippen LogP contribution < -0.4 is 4.90 Å². The number of carbonyl (C=O) groups is 1. The number of hydrogen-bond donors (Lipinski definition) is 0. The molecule has 2 aliphatic heterocycles. The summed E-state index contributed by atoms with van der Waals surface area (Å²) in [5, 5.41) is 8.10. The third kappa shape index (κ3) is 5.81. The number of nitrogens with zero attached hydrogens (tertiary/aromatic N) is 5. The maximum absolute atomic E-state index is 12.3. The van der Waals surface area contributed by atoms with Gasteiger partial charge in [-0.2, -0.15) is 5.10 Å². The Morgan fingerprint density at radius 1 is 1.07 bits per heavy atom. The fraction of sp³-hybridized carbons (Fsp3) is 0.500. The smallest absolute Gasteiger partial charge is 0.410 e.